The van der Waals surface area contributed by atoms with E-state index >= 15 is 0 Å². The second-order valence-corrected chi connectivity index (χ2v) is 8.19. The molecule has 2 aromatic carbocycles. The molecule has 0 aliphatic carbocycles. The van der Waals surface area contributed by atoms with Gasteiger partial charge in [0.25, 0.3) is 0 Å². The minimum Gasteiger partial charge on any atom is -0.378 e. The van der Waals surface area contributed by atoms with E-state index in [0.29, 0.717) is 5.82 Å². The molecular weight excluding hydrogens is 414 g/mol. The molecule has 8 nitrogen and oxygen atoms in total. The number of aromatic amines is 1. The number of anilines is 3. The van der Waals surface area contributed by atoms with Crippen molar-refractivity contribution < 1.29 is 4.74 Å². The third kappa shape index (κ3) is 3.68. The number of ether oxygens (including phenoxy) is 1. The number of nitrogens with zero attached hydrogens (tertiary/aromatic N) is 5. The van der Waals surface area contributed by atoms with Crippen molar-refractivity contribution in [3.05, 3.63) is 66.7 Å². The van der Waals surface area contributed by atoms with Crippen LogP contribution in [0.2, 0.25) is 0 Å². The van der Waals surface area contributed by atoms with E-state index in [9.17, 15) is 0 Å². The summed E-state index contributed by atoms with van der Waals surface area (Å²) in [6, 6.07) is 14.7. The highest BCUT2D eigenvalue weighted by atomic mass is 16.5. The van der Waals surface area contributed by atoms with Crippen LogP contribution in [-0.4, -0.2) is 50.9 Å². The Morgan fingerprint density at radius 3 is 2.76 bits per heavy atom. The van der Waals surface area contributed by atoms with Crippen LogP contribution in [0, 0.1) is 0 Å². The van der Waals surface area contributed by atoms with Crippen molar-refractivity contribution >= 4 is 33.7 Å². The summed E-state index contributed by atoms with van der Waals surface area (Å²) in [4.78, 5) is 11.8. The van der Waals surface area contributed by atoms with Crippen LogP contribution in [0.5, 0.6) is 0 Å². The molecule has 1 aliphatic rings. The van der Waals surface area contributed by atoms with Crippen molar-refractivity contribution in [2.75, 3.05) is 36.5 Å². The number of aryl methyl sites for hydroxylation is 1. The molecule has 4 heterocycles. The lowest BCUT2D eigenvalue weighted by Gasteiger charge is -2.28. The molecule has 1 fully saturated rings. The molecule has 0 bridgehead atoms. The fourth-order valence-electron chi connectivity index (χ4n) is 4.36. The van der Waals surface area contributed by atoms with Crippen molar-refractivity contribution in [3.63, 3.8) is 0 Å². The SMILES string of the molecule is CCc1[nH]nc2cc(-c3cn4ccnc4c(Nc4ccc(N5CCOCC5)cc4)n3)ccc12. The molecule has 0 spiro atoms. The lowest BCUT2D eigenvalue weighted by atomic mass is 10.1. The number of H-pyrrole nitrogens is 1. The molecule has 33 heavy (non-hydrogen) atoms. The zero-order valence-electron chi connectivity index (χ0n) is 18.5. The third-order valence-electron chi connectivity index (χ3n) is 6.16. The van der Waals surface area contributed by atoms with E-state index in [1.54, 1.807) is 6.20 Å². The minimum atomic E-state index is 0.716. The van der Waals surface area contributed by atoms with Crippen LogP contribution in [0.25, 0.3) is 27.8 Å². The van der Waals surface area contributed by atoms with Gasteiger partial charge in [0.15, 0.2) is 11.5 Å². The van der Waals surface area contributed by atoms with Crippen LogP contribution in [0.3, 0.4) is 0 Å². The zero-order chi connectivity index (χ0) is 22.2. The summed E-state index contributed by atoms with van der Waals surface area (Å²) in [6.45, 7) is 5.52. The Labute approximate surface area is 191 Å². The third-order valence-corrected chi connectivity index (χ3v) is 6.16. The molecular formula is C25H25N7O. The molecule has 166 valence electrons. The summed E-state index contributed by atoms with van der Waals surface area (Å²) in [6.07, 6.45) is 6.66. The first-order chi connectivity index (χ1) is 16.3. The van der Waals surface area contributed by atoms with Crippen molar-refractivity contribution in [3.8, 4) is 11.3 Å². The van der Waals surface area contributed by atoms with Gasteiger partial charge >= 0.3 is 0 Å². The Morgan fingerprint density at radius 2 is 1.94 bits per heavy atom. The van der Waals surface area contributed by atoms with E-state index in [-0.39, 0.29) is 0 Å². The highest BCUT2D eigenvalue weighted by molar-refractivity contribution is 5.86. The van der Waals surface area contributed by atoms with E-state index < -0.39 is 0 Å². The van der Waals surface area contributed by atoms with Gasteiger partial charge in [-0.25, -0.2) is 9.97 Å². The molecule has 0 unspecified atom stereocenters. The number of hydrogen-bond acceptors (Lipinski definition) is 6. The predicted octanol–water partition coefficient (Wildman–Crippen LogP) is 4.42. The highest BCUT2D eigenvalue weighted by Crippen LogP contribution is 2.28. The molecule has 6 rings (SSSR count). The van der Waals surface area contributed by atoms with Crippen LogP contribution >= 0.6 is 0 Å². The van der Waals surface area contributed by atoms with Gasteiger partial charge in [0, 0.05) is 59.7 Å². The number of imidazole rings is 1. The van der Waals surface area contributed by atoms with Gasteiger partial charge in [-0.1, -0.05) is 19.1 Å². The number of benzene rings is 2. The maximum absolute atomic E-state index is 5.46. The Morgan fingerprint density at radius 1 is 1.09 bits per heavy atom. The van der Waals surface area contributed by atoms with Gasteiger partial charge < -0.3 is 19.4 Å². The summed E-state index contributed by atoms with van der Waals surface area (Å²) >= 11 is 0. The van der Waals surface area contributed by atoms with Gasteiger partial charge in [0.2, 0.25) is 0 Å². The highest BCUT2D eigenvalue weighted by Gasteiger charge is 2.13. The second kappa shape index (κ2) is 8.22. The van der Waals surface area contributed by atoms with E-state index in [1.165, 1.54) is 5.69 Å². The van der Waals surface area contributed by atoms with Crippen LogP contribution in [-0.2, 0) is 11.2 Å². The van der Waals surface area contributed by atoms with Crippen LogP contribution < -0.4 is 10.2 Å². The van der Waals surface area contributed by atoms with Gasteiger partial charge in [0.1, 0.15) is 0 Å². The average Bonchev–Trinajstić information content (AvgIpc) is 3.51. The molecule has 0 amide bonds. The standard InChI is InChI=1S/C25H25N7O/c1-2-21-20-8-3-17(15-22(20)30-29-21)23-16-32-10-9-26-25(32)24(28-23)27-18-4-6-19(7-5-18)31-11-13-33-14-12-31/h3-10,15-16H,2,11-14H2,1H3,(H,27,28)(H,29,30). The largest absolute Gasteiger partial charge is 0.378 e. The summed E-state index contributed by atoms with van der Waals surface area (Å²) in [5.41, 5.74) is 6.92. The molecule has 0 atom stereocenters. The number of aromatic nitrogens is 5. The minimum absolute atomic E-state index is 0.716. The molecule has 5 aromatic rings. The van der Waals surface area contributed by atoms with Gasteiger partial charge in [-0.15, -0.1) is 0 Å². The maximum atomic E-state index is 5.46. The Hall–Kier alpha value is -3.91. The normalized spacial score (nSPS) is 14.3. The molecule has 0 saturated carbocycles. The van der Waals surface area contributed by atoms with Crippen LogP contribution in [0.4, 0.5) is 17.2 Å². The van der Waals surface area contributed by atoms with Crippen molar-refractivity contribution in [2.45, 2.75) is 13.3 Å². The second-order valence-electron chi connectivity index (χ2n) is 8.19. The molecule has 0 radical (unpaired) electrons. The fraction of sp³-hybridized carbons (Fsp3) is 0.240. The first kappa shape index (κ1) is 19.8. The van der Waals surface area contributed by atoms with Gasteiger partial charge in [-0.3, -0.25) is 5.10 Å². The van der Waals surface area contributed by atoms with E-state index in [4.69, 9.17) is 9.72 Å². The maximum Gasteiger partial charge on any atom is 0.180 e. The van der Waals surface area contributed by atoms with E-state index in [1.807, 2.05) is 16.8 Å². The molecule has 8 heteroatoms. The predicted molar refractivity (Wildman–Crippen MR) is 130 cm³/mol. The zero-order valence-corrected chi connectivity index (χ0v) is 18.5. The summed E-state index contributed by atoms with van der Waals surface area (Å²) in [5, 5.41) is 12.2. The van der Waals surface area contributed by atoms with Crippen LogP contribution in [0.15, 0.2) is 61.1 Å². The smallest absolute Gasteiger partial charge is 0.180 e. The Bertz CT molecular complexity index is 1410. The Balaban J connectivity index is 1.33. The number of fused-ring (bicyclic) bond motifs is 2. The quantitative estimate of drug-likeness (QED) is 0.422. The number of morpholine rings is 1. The monoisotopic (exact) mass is 439 g/mol. The molecule has 3 aromatic heterocycles. The number of rotatable bonds is 5. The van der Waals surface area contributed by atoms with Crippen LogP contribution in [0.1, 0.15) is 12.6 Å². The number of hydrogen-bond donors (Lipinski definition) is 2. The fourth-order valence-corrected chi connectivity index (χ4v) is 4.36. The van der Waals surface area contributed by atoms with Gasteiger partial charge in [-0.05, 0) is 36.8 Å². The van der Waals surface area contributed by atoms with Crippen molar-refractivity contribution in [1.82, 2.24) is 24.6 Å². The Kier molecular flexibility index (Phi) is 4.92. The van der Waals surface area contributed by atoms with E-state index in [0.717, 1.165) is 71.9 Å². The summed E-state index contributed by atoms with van der Waals surface area (Å²) in [7, 11) is 0. The van der Waals surface area contributed by atoms with E-state index in [2.05, 4.69) is 74.8 Å². The first-order valence-electron chi connectivity index (χ1n) is 11.3. The van der Waals surface area contributed by atoms with Crippen molar-refractivity contribution in [1.29, 1.82) is 0 Å². The van der Waals surface area contributed by atoms with Crippen molar-refractivity contribution in [2.24, 2.45) is 0 Å². The lowest BCUT2D eigenvalue weighted by Crippen LogP contribution is -2.36. The molecule has 1 aliphatic heterocycles. The topological polar surface area (TPSA) is 83.4 Å². The van der Waals surface area contributed by atoms with Gasteiger partial charge in [0.05, 0.1) is 24.4 Å². The average molecular weight is 440 g/mol. The summed E-state index contributed by atoms with van der Waals surface area (Å²) < 4.78 is 7.46. The summed E-state index contributed by atoms with van der Waals surface area (Å²) in [5.74, 6) is 0.716. The van der Waals surface area contributed by atoms with Gasteiger partial charge in [-0.2, -0.15) is 5.10 Å². The lowest BCUT2D eigenvalue weighted by molar-refractivity contribution is 0.122. The first-order valence-corrected chi connectivity index (χ1v) is 11.3. The molecule has 1 saturated heterocycles. The number of nitrogens with one attached hydrogen (secondary N) is 2. The molecule has 2 N–H and O–H groups in total.